The van der Waals surface area contributed by atoms with Gasteiger partial charge in [0, 0.05) is 5.33 Å². The van der Waals surface area contributed by atoms with E-state index in [1.807, 2.05) is 0 Å². The van der Waals surface area contributed by atoms with Gasteiger partial charge in [0.15, 0.2) is 0 Å². The molecule has 0 unspecified atom stereocenters. The molecule has 0 nitrogen and oxygen atoms in total. The molecule has 0 radical (unpaired) electrons. The Kier molecular flexibility index (Phi) is 11.9. The van der Waals surface area contributed by atoms with Crippen molar-refractivity contribution in [2.45, 2.75) is 45.4 Å². The highest BCUT2D eigenvalue weighted by atomic mass is 79.9. The van der Waals surface area contributed by atoms with Crippen molar-refractivity contribution in [2.24, 2.45) is 0 Å². The predicted molar refractivity (Wildman–Crippen MR) is 65.5 cm³/mol. The van der Waals surface area contributed by atoms with Crippen LogP contribution in [0.25, 0.3) is 0 Å². The van der Waals surface area contributed by atoms with Crippen molar-refractivity contribution in [3.8, 4) is 0 Å². The fraction of sp³-hybridized carbons (Fsp3) is 0.667. The summed E-state index contributed by atoms with van der Waals surface area (Å²) in [6.07, 6.45) is 16.6. The maximum absolute atomic E-state index is 3.44. The van der Waals surface area contributed by atoms with Crippen LogP contribution in [0, 0.1) is 0 Å². The third-order valence-corrected chi connectivity index (χ3v) is 2.49. The van der Waals surface area contributed by atoms with Gasteiger partial charge >= 0.3 is 0 Å². The van der Waals surface area contributed by atoms with E-state index in [0.29, 0.717) is 0 Å². The highest BCUT2D eigenvalue weighted by Gasteiger charge is 1.86. The van der Waals surface area contributed by atoms with Crippen LogP contribution in [0.4, 0.5) is 0 Å². The molecular formula is C12H21Br. The molecule has 0 bridgehead atoms. The smallest absolute Gasteiger partial charge is 0.00313 e. The summed E-state index contributed by atoms with van der Waals surface area (Å²) in [7, 11) is 0. The highest BCUT2D eigenvalue weighted by Crippen LogP contribution is 2.05. The number of allylic oxidation sites excluding steroid dienone is 4. The Morgan fingerprint density at radius 1 is 0.923 bits per heavy atom. The van der Waals surface area contributed by atoms with E-state index in [-0.39, 0.29) is 0 Å². The largest absolute Gasteiger partial charge is 0.0928 e. The summed E-state index contributed by atoms with van der Waals surface area (Å²) in [5, 5.41) is 1.16. The first-order valence-corrected chi connectivity index (χ1v) is 6.36. The average Bonchev–Trinajstić information content (AvgIpc) is 2.16. The molecule has 0 aromatic heterocycles. The van der Waals surface area contributed by atoms with Gasteiger partial charge in [-0.1, -0.05) is 53.1 Å². The minimum atomic E-state index is 1.10. The molecule has 0 aliphatic carbocycles. The van der Waals surface area contributed by atoms with Gasteiger partial charge in [0.2, 0.25) is 0 Å². The van der Waals surface area contributed by atoms with E-state index >= 15 is 0 Å². The molecule has 0 rings (SSSR count). The summed E-state index contributed by atoms with van der Waals surface area (Å²) in [5.74, 6) is 0. The molecule has 0 heterocycles. The van der Waals surface area contributed by atoms with Crippen LogP contribution in [-0.2, 0) is 0 Å². The number of hydrogen-bond acceptors (Lipinski definition) is 0. The lowest BCUT2D eigenvalue weighted by atomic mass is 10.1. The second-order valence-corrected chi connectivity index (χ2v) is 3.96. The maximum Gasteiger partial charge on any atom is 0.00313 e. The first-order chi connectivity index (χ1) is 6.41. The zero-order chi connectivity index (χ0) is 9.78. The molecule has 0 aliphatic rings. The fourth-order valence-corrected chi connectivity index (χ4v) is 1.54. The van der Waals surface area contributed by atoms with Gasteiger partial charge in [0.05, 0.1) is 0 Å². The third-order valence-electron chi connectivity index (χ3n) is 1.93. The van der Waals surface area contributed by atoms with Crippen molar-refractivity contribution in [2.75, 3.05) is 5.33 Å². The van der Waals surface area contributed by atoms with Gasteiger partial charge < -0.3 is 0 Å². The van der Waals surface area contributed by atoms with E-state index in [9.17, 15) is 0 Å². The van der Waals surface area contributed by atoms with E-state index in [1.54, 1.807) is 0 Å². The van der Waals surface area contributed by atoms with Gasteiger partial charge in [-0.3, -0.25) is 0 Å². The SMILES string of the molecule is CC=CCC=CCCCCCCBr. The molecule has 0 N–H and O–H groups in total. The van der Waals surface area contributed by atoms with Gasteiger partial charge in [-0.2, -0.15) is 0 Å². The lowest BCUT2D eigenvalue weighted by Crippen LogP contribution is -1.77. The molecule has 0 aromatic rings. The van der Waals surface area contributed by atoms with Gasteiger partial charge in [0.1, 0.15) is 0 Å². The molecule has 0 spiro atoms. The van der Waals surface area contributed by atoms with Gasteiger partial charge in [-0.25, -0.2) is 0 Å². The molecule has 1 heteroatoms. The number of alkyl halides is 1. The molecule has 76 valence electrons. The molecule has 0 saturated heterocycles. The van der Waals surface area contributed by atoms with Crippen LogP contribution in [0.5, 0.6) is 0 Å². The van der Waals surface area contributed by atoms with Crippen LogP contribution in [0.1, 0.15) is 45.4 Å². The van der Waals surface area contributed by atoms with Crippen LogP contribution < -0.4 is 0 Å². The average molecular weight is 245 g/mol. The summed E-state index contributed by atoms with van der Waals surface area (Å²) in [6, 6.07) is 0. The number of unbranched alkanes of at least 4 members (excludes halogenated alkanes) is 4. The van der Waals surface area contributed by atoms with Crippen molar-refractivity contribution in [1.82, 2.24) is 0 Å². The summed E-state index contributed by atoms with van der Waals surface area (Å²) in [5.41, 5.74) is 0. The first kappa shape index (κ1) is 13.0. The van der Waals surface area contributed by atoms with Crippen LogP contribution in [-0.4, -0.2) is 5.33 Å². The fourth-order valence-electron chi connectivity index (χ4n) is 1.14. The second kappa shape index (κ2) is 12.0. The Bertz CT molecular complexity index is 136. The molecular weight excluding hydrogens is 224 g/mol. The Labute approximate surface area is 91.2 Å². The monoisotopic (exact) mass is 244 g/mol. The van der Waals surface area contributed by atoms with Gasteiger partial charge in [-0.05, 0) is 32.6 Å². The van der Waals surface area contributed by atoms with Crippen LogP contribution >= 0.6 is 15.9 Å². The zero-order valence-electron chi connectivity index (χ0n) is 8.64. The van der Waals surface area contributed by atoms with Crippen LogP contribution in [0.15, 0.2) is 24.3 Å². The number of rotatable bonds is 8. The Balaban J connectivity index is 3.02. The predicted octanol–water partition coefficient (Wildman–Crippen LogP) is 4.85. The Morgan fingerprint density at radius 2 is 1.69 bits per heavy atom. The molecule has 0 amide bonds. The normalized spacial score (nSPS) is 11.8. The quantitative estimate of drug-likeness (QED) is 0.325. The second-order valence-electron chi connectivity index (χ2n) is 3.17. The number of hydrogen-bond donors (Lipinski definition) is 0. The van der Waals surface area contributed by atoms with Gasteiger partial charge in [0.25, 0.3) is 0 Å². The summed E-state index contributed by atoms with van der Waals surface area (Å²) in [6.45, 7) is 2.06. The van der Waals surface area contributed by atoms with Gasteiger partial charge in [-0.15, -0.1) is 0 Å². The minimum absolute atomic E-state index is 1.10. The zero-order valence-corrected chi connectivity index (χ0v) is 10.2. The Hall–Kier alpha value is -0.0400. The van der Waals surface area contributed by atoms with Crippen LogP contribution in [0.2, 0.25) is 0 Å². The molecule has 0 atom stereocenters. The number of halogens is 1. The topological polar surface area (TPSA) is 0 Å². The third kappa shape index (κ3) is 12.0. The molecule has 0 aliphatic heterocycles. The summed E-state index contributed by atoms with van der Waals surface area (Å²) in [4.78, 5) is 0. The van der Waals surface area contributed by atoms with E-state index in [4.69, 9.17) is 0 Å². The maximum atomic E-state index is 3.44. The summed E-state index contributed by atoms with van der Waals surface area (Å²) >= 11 is 3.44. The van der Waals surface area contributed by atoms with Crippen molar-refractivity contribution < 1.29 is 0 Å². The lowest BCUT2D eigenvalue weighted by molar-refractivity contribution is 0.679. The van der Waals surface area contributed by atoms with E-state index in [0.717, 1.165) is 11.8 Å². The van der Waals surface area contributed by atoms with E-state index in [1.165, 1.54) is 32.1 Å². The molecule has 13 heavy (non-hydrogen) atoms. The standard InChI is InChI=1S/C12H21Br/c1-2-3-4-5-6-7-8-9-10-11-12-13/h2-3,5-6H,4,7-12H2,1H3. The van der Waals surface area contributed by atoms with Crippen LogP contribution in [0.3, 0.4) is 0 Å². The lowest BCUT2D eigenvalue weighted by Gasteiger charge is -1.95. The molecule has 0 saturated carbocycles. The highest BCUT2D eigenvalue weighted by molar-refractivity contribution is 9.09. The molecule has 0 fully saturated rings. The molecule has 0 aromatic carbocycles. The van der Waals surface area contributed by atoms with Crippen molar-refractivity contribution in [3.63, 3.8) is 0 Å². The van der Waals surface area contributed by atoms with Crippen molar-refractivity contribution in [3.05, 3.63) is 24.3 Å². The van der Waals surface area contributed by atoms with Crippen molar-refractivity contribution >= 4 is 15.9 Å². The minimum Gasteiger partial charge on any atom is -0.0928 e. The first-order valence-electron chi connectivity index (χ1n) is 5.24. The summed E-state index contributed by atoms with van der Waals surface area (Å²) < 4.78 is 0. The Morgan fingerprint density at radius 3 is 2.38 bits per heavy atom. The van der Waals surface area contributed by atoms with E-state index < -0.39 is 0 Å². The van der Waals surface area contributed by atoms with Crippen molar-refractivity contribution in [1.29, 1.82) is 0 Å². The van der Waals surface area contributed by atoms with E-state index in [2.05, 4.69) is 47.2 Å².